The zero-order valence-corrected chi connectivity index (χ0v) is 8.10. The molecule has 0 unspecified atom stereocenters. The lowest BCUT2D eigenvalue weighted by molar-refractivity contribution is 0.894. The fraction of sp³-hybridized carbons (Fsp3) is 0.300. The smallest absolute Gasteiger partial charge is 0.151 e. The van der Waals surface area contributed by atoms with Crippen molar-refractivity contribution >= 4 is 16.9 Å². The molecular formula is C10H12N2S. The Morgan fingerprint density at radius 1 is 1.46 bits per heavy atom. The zero-order valence-electron chi connectivity index (χ0n) is 7.29. The summed E-state index contributed by atoms with van der Waals surface area (Å²) in [6.45, 7) is 0. The van der Waals surface area contributed by atoms with Crippen LogP contribution in [0.1, 0.15) is 22.8 Å². The SMILES string of the molecule is N=C(N)S[C@H]1CCc2ccccc21. The minimum atomic E-state index is 0.224. The third-order valence-electron chi connectivity index (χ3n) is 2.35. The highest BCUT2D eigenvalue weighted by molar-refractivity contribution is 8.13. The van der Waals surface area contributed by atoms with Gasteiger partial charge in [0, 0.05) is 5.25 Å². The van der Waals surface area contributed by atoms with E-state index in [4.69, 9.17) is 11.1 Å². The van der Waals surface area contributed by atoms with Gasteiger partial charge in [0.2, 0.25) is 0 Å². The molecule has 0 saturated heterocycles. The van der Waals surface area contributed by atoms with Crippen molar-refractivity contribution in [1.29, 1.82) is 5.41 Å². The molecule has 3 heteroatoms. The molecule has 0 aromatic heterocycles. The number of amidine groups is 1. The van der Waals surface area contributed by atoms with Gasteiger partial charge in [0.15, 0.2) is 5.17 Å². The highest BCUT2D eigenvalue weighted by Gasteiger charge is 2.22. The Kier molecular flexibility index (Phi) is 2.27. The van der Waals surface area contributed by atoms with Crippen molar-refractivity contribution in [3.63, 3.8) is 0 Å². The van der Waals surface area contributed by atoms with E-state index < -0.39 is 0 Å². The number of hydrogen-bond donors (Lipinski definition) is 2. The van der Waals surface area contributed by atoms with Gasteiger partial charge >= 0.3 is 0 Å². The van der Waals surface area contributed by atoms with Gasteiger partial charge in [0.1, 0.15) is 0 Å². The second kappa shape index (κ2) is 3.42. The van der Waals surface area contributed by atoms with Crippen LogP contribution in [0.15, 0.2) is 24.3 Å². The Bertz CT molecular complexity index is 335. The normalized spacial score (nSPS) is 19.8. The molecule has 0 saturated carbocycles. The second-order valence-electron chi connectivity index (χ2n) is 3.21. The van der Waals surface area contributed by atoms with Crippen molar-refractivity contribution in [2.24, 2.45) is 5.73 Å². The van der Waals surface area contributed by atoms with Gasteiger partial charge in [0.05, 0.1) is 0 Å². The quantitative estimate of drug-likeness (QED) is 0.530. The standard InChI is InChI=1S/C10H12N2S/c11-10(12)13-9-6-5-7-3-1-2-4-8(7)9/h1-4,9H,5-6H2,(H3,11,12)/t9-/m0/s1. The summed E-state index contributed by atoms with van der Waals surface area (Å²) in [6.07, 6.45) is 2.24. The maximum absolute atomic E-state index is 7.24. The minimum Gasteiger partial charge on any atom is -0.379 e. The maximum Gasteiger partial charge on any atom is 0.151 e. The zero-order chi connectivity index (χ0) is 9.26. The molecule has 0 spiro atoms. The molecule has 68 valence electrons. The predicted molar refractivity (Wildman–Crippen MR) is 57.0 cm³/mol. The highest BCUT2D eigenvalue weighted by Crippen LogP contribution is 2.40. The first-order valence-electron chi connectivity index (χ1n) is 4.36. The van der Waals surface area contributed by atoms with E-state index in [0.29, 0.717) is 5.25 Å². The maximum atomic E-state index is 7.24. The van der Waals surface area contributed by atoms with E-state index in [1.54, 1.807) is 0 Å². The Labute approximate surface area is 82.0 Å². The lowest BCUT2D eigenvalue weighted by Crippen LogP contribution is -2.06. The van der Waals surface area contributed by atoms with Gasteiger partial charge in [-0.3, -0.25) is 5.41 Å². The fourth-order valence-corrected chi connectivity index (χ4v) is 2.69. The van der Waals surface area contributed by atoms with Crippen LogP contribution in [0.4, 0.5) is 0 Å². The minimum absolute atomic E-state index is 0.224. The van der Waals surface area contributed by atoms with Crippen LogP contribution >= 0.6 is 11.8 Å². The van der Waals surface area contributed by atoms with Crippen LogP contribution in [0.5, 0.6) is 0 Å². The summed E-state index contributed by atoms with van der Waals surface area (Å²) in [5.74, 6) is 0. The van der Waals surface area contributed by atoms with Gasteiger partial charge in [-0.15, -0.1) is 0 Å². The Balaban J connectivity index is 2.23. The topological polar surface area (TPSA) is 49.9 Å². The van der Waals surface area contributed by atoms with Crippen molar-refractivity contribution in [3.8, 4) is 0 Å². The van der Waals surface area contributed by atoms with Gasteiger partial charge in [-0.1, -0.05) is 36.0 Å². The molecule has 0 amide bonds. The predicted octanol–water partition coefficient (Wildman–Crippen LogP) is 2.30. The summed E-state index contributed by atoms with van der Waals surface area (Å²) in [5, 5.41) is 7.88. The molecule has 1 aliphatic carbocycles. The van der Waals surface area contributed by atoms with E-state index in [1.807, 2.05) is 0 Å². The van der Waals surface area contributed by atoms with Crippen molar-refractivity contribution in [2.75, 3.05) is 0 Å². The first-order chi connectivity index (χ1) is 6.27. The van der Waals surface area contributed by atoms with Crippen LogP contribution in [0, 0.1) is 5.41 Å². The Morgan fingerprint density at radius 2 is 2.23 bits per heavy atom. The summed E-state index contributed by atoms with van der Waals surface area (Å²) in [4.78, 5) is 0. The molecule has 1 aromatic rings. The van der Waals surface area contributed by atoms with E-state index in [9.17, 15) is 0 Å². The number of thioether (sulfide) groups is 1. The fourth-order valence-electron chi connectivity index (χ4n) is 1.79. The van der Waals surface area contributed by atoms with Gasteiger partial charge in [-0.05, 0) is 24.0 Å². The Morgan fingerprint density at radius 3 is 3.00 bits per heavy atom. The third-order valence-corrected chi connectivity index (χ3v) is 3.38. The van der Waals surface area contributed by atoms with E-state index in [-0.39, 0.29) is 5.17 Å². The van der Waals surface area contributed by atoms with Crippen LogP contribution in [0.2, 0.25) is 0 Å². The van der Waals surface area contributed by atoms with Gasteiger partial charge in [-0.25, -0.2) is 0 Å². The van der Waals surface area contributed by atoms with E-state index >= 15 is 0 Å². The molecule has 0 fully saturated rings. The van der Waals surface area contributed by atoms with Crippen molar-refractivity contribution in [3.05, 3.63) is 35.4 Å². The van der Waals surface area contributed by atoms with Crippen LogP contribution in [0.3, 0.4) is 0 Å². The van der Waals surface area contributed by atoms with Gasteiger partial charge in [-0.2, -0.15) is 0 Å². The molecule has 0 bridgehead atoms. The number of hydrogen-bond acceptors (Lipinski definition) is 2. The van der Waals surface area contributed by atoms with Crippen molar-refractivity contribution in [2.45, 2.75) is 18.1 Å². The van der Waals surface area contributed by atoms with Crippen molar-refractivity contribution < 1.29 is 0 Å². The summed E-state index contributed by atoms with van der Waals surface area (Å²) in [6, 6.07) is 8.43. The highest BCUT2D eigenvalue weighted by atomic mass is 32.2. The van der Waals surface area contributed by atoms with Crippen molar-refractivity contribution in [1.82, 2.24) is 0 Å². The lowest BCUT2D eigenvalue weighted by Gasteiger charge is -2.08. The molecule has 3 N–H and O–H groups in total. The molecular weight excluding hydrogens is 180 g/mol. The lowest BCUT2D eigenvalue weighted by atomic mass is 10.1. The van der Waals surface area contributed by atoms with E-state index in [2.05, 4.69) is 24.3 Å². The number of benzene rings is 1. The molecule has 1 aliphatic rings. The molecule has 1 aromatic carbocycles. The summed E-state index contributed by atoms with van der Waals surface area (Å²) < 4.78 is 0. The molecule has 1 atom stereocenters. The van der Waals surface area contributed by atoms with E-state index in [1.165, 1.54) is 22.9 Å². The summed E-state index contributed by atoms with van der Waals surface area (Å²) in [5.41, 5.74) is 8.16. The molecule has 2 nitrogen and oxygen atoms in total. The number of fused-ring (bicyclic) bond motifs is 1. The summed E-state index contributed by atoms with van der Waals surface area (Å²) >= 11 is 1.47. The molecule has 0 heterocycles. The Hall–Kier alpha value is -0.960. The van der Waals surface area contributed by atoms with Crippen LogP contribution in [0.25, 0.3) is 0 Å². The first kappa shape index (κ1) is 8.63. The third kappa shape index (κ3) is 1.70. The second-order valence-corrected chi connectivity index (χ2v) is 4.45. The first-order valence-corrected chi connectivity index (χ1v) is 5.24. The van der Waals surface area contributed by atoms with Crippen LogP contribution in [-0.4, -0.2) is 5.17 Å². The number of rotatable bonds is 1. The molecule has 13 heavy (non-hydrogen) atoms. The number of nitrogens with one attached hydrogen (secondary N) is 1. The largest absolute Gasteiger partial charge is 0.379 e. The monoisotopic (exact) mass is 192 g/mol. The van der Waals surface area contributed by atoms with Crippen LogP contribution in [-0.2, 0) is 6.42 Å². The van der Waals surface area contributed by atoms with Gasteiger partial charge < -0.3 is 5.73 Å². The number of nitrogens with two attached hydrogens (primary N) is 1. The molecule has 0 aliphatic heterocycles. The molecule has 2 rings (SSSR count). The average molecular weight is 192 g/mol. The average Bonchev–Trinajstić information content (AvgIpc) is 2.48. The summed E-state index contributed by atoms with van der Waals surface area (Å²) in [7, 11) is 0. The molecule has 0 radical (unpaired) electrons. The number of aryl methyl sites for hydroxylation is 1. The van der Waals surface area contributed by atoms with Gasteiger partial charge in [0.25, 0.3) is 0 Å². The van der Waals surface area contributed by atoms with E-state index in [0.717, 1.165) is 12.8 Å². The van der Waals surface area contributed by atoms with Crippen LogP contribution < -0.4 is 5.73 Å².